The van der Waals surface area contributed by atoms with E-state index in [-0.39, 0.29) is 12.8 Å². The number of esters is 2. The van der Waals surface area contributed by atoms with Gasteiger partial charge in [-0.2, -0.15) is 0 Å². The lowest BCUT2D eigenvalue weighted by Gasteiger charge is -2.19. The number of rotatable bonds is 6. The van der Waals surface area contributed by atoms with Gasteiger partial charge in [0.25, 0.3) is 0 Å². The van der Waals surface area contributed by atoms with Gasteiger partial charge in [-0.05, 0) is 6.42 Å². The zero-order valence-electron chi connectivity index (χ0n) is 10.2. The van der Waals surface area contributed by atoms with E-state index in [1.54, 1.807) is 0 Å². The largest absolute Gasteiger partial charge is 0.469 e. The molecule has 2 atom stereocenters. The molecule has 0 aromatic rings. The van der Waals surface area contributed by atoms with Crippen molar-refractivity contribution in [2.45, 2.75) is 18.9 Å². The molecule has 0 aliphatic carbocycles. The fourth-order valence-electron chi connectivity index (χ4n) is 1.36. The van der Waals surface area contributed by atoms with Crippen molar-refractivity contribution in [3.05, 3.63) is 0 Å². The summed E-state index contributed by atoms with van der Waals surface area (Å²) in [4.78, 5) is 22.6. The average molecular weight is 297 g/mol. The van der Waals surface area contributed by atoms with Gasteiger partial charge >= 0.3 is 18.7 Å². The first-order valence-corrected chi connectivity index (χ1v) is 8.54. The number of hydrogen-bond acceptors (Lipinski definition) is 7. The van der Waals surface area contributed by atoms with E-state index in [0.29, 0.717) is 12.4 Å². The molecule has 1 saturated heterocycles. The Morgan fingerprint density at radius 1 is 1.44 bits per heavy atom. The van der Waals surface area contributed by atoms with Crippen LogP contribution >= 0.6 is 18.1 Å². The molecule has 1 aliphatic heterocycles. The van der Waals surface area contributed by atoms with Gasteiger partial charge < -0.3 is 14.0 Å². The first-order chi connectivity index (χ1) is 8.50. The lowest BCUT2D eigenvalue weighted by molar-refractivity contribution is -0.144. The second kappa shape index (κ2) is 7.13. The van der Waals surface area contributed by atoms with Crippen LogP contribution in [0, 0.1) is 0 Å². The third-order valence-corrected chi connectivity index (χ3v) is 6.31. The molecule has 0 amide bonds. The van der Waals surface area contributed by atoms with Crippen LogP contribution in [0.1, 0.15) is 12.8 Å². The highest BCUT2D eigenvalue weighted by molar-refractivity contribution is 8.56. The molecule has 1 rings (SSSR count). The lowest BCUT2D eigenvalue weighted by atomic mass is 10.2. The molecule has 1 heterocycles. The third-order valence-electron chi connectivity index (χ3n) is 2.27. The minimum atomic E-state index is -3.05. The van der Waals surface area contributed by atoms with Gasteiger partial charge in [-0.25, -0.2) is 5.09 Å². The molecule has 1 fully saturated rings. The standard InChI is InChI=1S/C9H16NO6PS/c1-14-8(11)4-3-7(9(12)15-2)10-17(13)16-5-6-18-17/h7H,3-6H2,1-2H3,(H,10,13)/t7-,17?/m0/s1. The average Bonchev–Trinajstić information content (AvgIpc) is 2.79. The zero-order valence-corrected chi connectivity index (χ0v) is 11.9. The number of hydrogen-bond donors (Lipinski definition) is 1. The van der Waals surface area contributed by atoms with Crippen LogP contribution in [0.5, 0.6) is 0 Å². The fraction of sp³-hybridized carbons (Fsp3) is 0.778. The smallest absolute Gasteiger partial charge is 0.327 e. The second-order valence-electron chi connectivity index (χ2n) is 3.48. The summed E-state index contributed by atoms with van der Waals surface area (Å²) in [6.45, 7) is -2.67. The molecule has 0 saturated carbocycles. The molecule has 1 aliphatic rings. The number of carbonyl (C=O) groups is 2. The van der Waals surface area contributed by atoms with Crippen molar-refractivity contribution < 1.29 is 28.2 Å². The van der Waals surface area contributed by atoms with Crippen molar-refractivity contribution in [3.63, 3.8) is 0 Å². The van der Waals surface area contributed by atoms with Crippen molar-refractivity contribution in [2.24, 2.45) is 0 Å². The normalized spacial score (nSPS) is 24.6. The Bertz CT molecular complexity index is 353. The molecule has 9 heteroatoms. The van der Waals surface area contributed by atoms with Crippen LogP contribution in [0.3, 0.4) is 0 Å². The van der Waals surface area contributed by atoms with E-state index in [0.717, 1.165) is 11.4 Å². The van der Waals surface area contributed by atoms with E-state index in [1.807, 2.05) is 0 Å². The maximum atomic E-state index is 12.1. The summed E-state index contributed by atoms with van der Waals surface area (Å²) in [5.74, 6) is -0.413. The van der Waals surface area contributed by atoms with E-state index in [2.05, 4.69) is 14.6 Å². The quantitative estimate of drug-likeness (QED) is 0.572. The molecule has 104 valence electrons. The molecule has 18 heavy (non-hydrogen) atoms. The van der Waals surface area contributed by atoms with Gasteiger partial charge in [-0.3, -0.25) is 14.2 Å². The maximum Gasteiger partial charge on any atom is 0.327 e. The summed E-state index contributed by atoms with van der Waals surface area (Å²) < 4.78 is 26.2. The summed E-state index contributed by atoms with van der Waals surface area (Å²) in [6.07, 6.45) is 0.182. The summed E-state index contributed by atoms with van der Waals surface area (Å²) in [7, 11) is 2.49. The molecule has 1 unspecified atom stereocenters. The summed E-state index contributed by atoms with van der Waals surface area (Å²) >= 11 is 1.14. The molecule has 0 aromatic heterocycles. The lowest BCUT2D eigenvalue weighted by Crippen LogP contribution is -2.35. The van der Waals surface area contributed by atoms with Gasteiger partial charge in [0.1, 0.15) is 6.04 Å². The topological polar surface area (TPSA) is 90.9 Å². The minimum absolute atomic E-state index is 0.0356. The van der Waals surface area contributed by atoms with Crippen LogP contribution in [0.15, 0.2) is 0 Å². The van der Waals surface area contributed by atoms with Gasteiger partial charge in [-0.15, -0.1) is 0 Å². The van der Waals surface area contributed by atoms with Gasteiger partial charge in [0.2, 0.25) is 0 Å². The highest BCUT2D eigenvalue weighted by Gasteiger charge is 2.35. The van der Waals surface area contributed by atoms with Gasteiger partial charge in [-0.1, -0.05) is 11.4 Å². The maximum absolute atomic E-state index is 12.1. The van der Waals surface area contributed by atoms with E-state index in [1.165, 1.54) is 14.2 Å². The Kier molecular flexibility index (Phi) is 6.14. The first-order valence-electron chi connectivity index (χ1n) is 5.32. The van der Waals surface area contributed by atoms with Crippen LogP contribution in [-0.2, 0) is 28.2 Å². The SMILES string of the molecule is COC(=O)CC[C@H](NP1(=O)OCCS1)C(=O)OC. The number of methoxy groups -OCH3 is 2. The van der Waals surface area contributed by atoms with Crippen LogP contribution < -0.4 is 5.09 Å². The third kappa shape index (κ3) is 4.61. The van der Waals surface area contributed by atoms with E-state index < -0.39 is 24.7 Å². The van der Waals surface area contributed by atoms with E-state index in [9.17, 15) is 14.2 Å². The molecular weight excluding hydrogens is 281 g/mol. The Morgan fingerprint density at radius 3 is 2.67 bits per heavy atom. The monoisotopic (exact) mass is 297 g/mol. The fourth-order valence-corrected chi connectivity index (χ4v) is 5.05. The Balaban J connectivity index is 2.58. The van der Waals surface area contributed by atoms with Crippen molar-refractivity contribution in [3.8, 4) is 0 Å². The van der Waals surface area contributed by atoms with Crippen LogP contribution in [0.25, 0.3) is 0 Å². The van der Waals surface area contributed by atoms with E-state index >= 15 is 0 Å². The van der Waals surface area contributed by atoms with Crippen molar-refractivity contribution in [2.75, 3.05) is 26.6 Å². The zero-order chi connectivity index (χ0) is 13.6. The summed E-state index contributed by atoms with van der Waals surface area (Å²) in [5.41, 5.74) is 0. The number of carbonyl (C=O) groups excluding carboxylic acids is 2. The van der Waals surface area contributed by atoms with Gasteiger partial charge in [0, 0.05) is 12.2 Å². The Labute approximate surface area is 109 Å². The Hall–Kier alpha value is -0.560. The van der Waals surface area contributed by atoms with Crippen LogP contribution in [0.4, 0.5) is 0 Å². The van der Waals surface area contributed by atoms with Gasteiger partial charge in [0.05, 0.1) is 20.8 Å². The number of ether oxygens (including phenoxy) is 2. The molecule has 0 spiro atoms. The van der Waals surface area contributed by atoms with Crippen LogP contribution in [-0.4, -0.2) is 44.6 Å². The predicted molar refractivity (Wildman–Crippen MR) is 66.2 cm³/mol. The highest BCUT2D eigenvalue weighted by Crippen LogP contribution is 2.60. The highest BCUT2D eigenvalue weighted by atomic mass is 32.7. The molecular formula is C9H16NO6PS. The van der Waals surface area contributed by atoms with Crippen molar-refractivity contribution >= 4 is 30.0 Å². The molecule has 0 bridgehead atoms. The molecule has 7 nitrogen and oxygen atoms in total. The summed E-state index contributed by atoms with van der Waals surface area (Å²) in [6, 6.07) is -0.842. The summed E-state index contributed by atoms with van der Waals surface area (Å²) in [5, 5.41) is 2.64. The second-order valence-corrected chi connectivity index (χ2v) is 7.88. The first kappa shape index (κ1) is 15.5. The van der Waals surface area contributed by atoms with E-state index in [4.69, 9.17) is 4.52 Å². The minimum Gasteiger partial charge on any atom is -0.469 e. The molecule has 0 aromatic carbocycles. The molecule has 0 radical (unpaired) electrons. The van der Waals surface area contributed by atoms with Gasteiger partial charge in [0.15, 0.2) is 0 Å². The predicted octanol–water partition coefficient (Wildman–Crippen LogP) is 0.942. The van der Waals surface area contributed by atoms with Crippen molar-refractivity contribution in [1.29, 1.82) is 0 Å². The van der Waals surface area contributed by atoms with Crippen molar-refractivity contribution in [1.82, 2.24) is 5.09 Å². The molecule has 1 N–H and O–H groups in total. The van der Waals surface area contributed by atoms with Crippen LogP contribution in [0.2, 0.25) is 0 Å². The number of nitrogens with one attached hydrogen (secondary N) is 1. The Morgan fingerprint density at radius 2 is 2.17 bits per heavy atom.